The number of hydrogen-bond acceptors (Lipinski definition) is 6. The Hall–Kier alpha value is -1.44. The lowest BCUT2D eigenvalue weighted by Crippen LogP contribution is -2.18. The summed E-state index contributed by atoms with van der Waals surface area (Å²) in [5.41, 5.74) is 1.90. The summed E-state index contributed by atoms with van der Waals surface area (Å²) < 4.78 is 0.896. The maximum absolute atomic E-state index is 12.3. The first-order valence-corrected chi connectivity index (χ1v) is 10.1. The van der Waals surface area contributed by atoms with Crippen LogP contribution in [0.3, 0.4) is 0 Å². The predicted molar refractivity (Wildman–Crippen MR) is 99.8 cm³/mol. The molecule has 0 spiro atoms. The number of carbonyl (C=O) groups excluding carboxylic acids is 1. The van der Waals surface area contributed by atoms with E-state index >= 15 is 0 Å². The molecule has 7 heteroatoms. The molecule has 2 aromatic rings. The van der Waals surface area contributed by atoms with E-state index in [2.05, 4.69) is 27.3 Å². The second-order valence-corrected chi connectivity index (χ2v) is 8.18. The number of rotatable bonds is 7. The molecule has 1 aliphatic rings. The molecule has 24 heavy (non-hydrogen) atoms. The summed E-state index contributed by atoms with van der Waals surface area (Å²) in [6.45, 7) is 5.45. The number of aromatic nitrogens is 2. The number of anilines is 1. The van der Waals surface area contributed by atoms with E-state index in [1.165, 1.54) is 42.8 Å². The number of hydrogen-bond donors (Lipinski definition) is 1. The van der Waals surface area contributed by atoms with Gasteiger partial charge in [-0.25, -0.2) is 0 Å². The van der Waals surface area contributed by atoms with Crippen molar-refractivity contribution in [2.24, 2.45) is 0 Å². The molecule has 1 fully saturated rings. The maximum Gasteiger partial charge on any atom is 0.257 e. The van der Waals surface area contributed by atoms with Gasteiger partial charge in [-0.05, 0) is 50.0 Å². The zero-order valence-corrected chi connectivity index (χ0v) is 15.5. The van der Waals surface area contributed by atoms with Crippen molar-refractivity contribution in [2.45, 2.75) is 37.1 Å². The van der Waals surface area contributed by atoms with Gasteiger partial charge < -0.3 is 0 Å². The van der Waals surface area contributed by atoms with Crippen LogP contribution in [-0.2, 0) is 6.54 Å². The van der Waals surface area contributed by atoms with E-state index < -0.39 is 0 Å². The van der Waals surface area contributed by atoms with Crippen LogP contribution in [0.4, 0.5) is 5.13 Å². The van der Waals surface area contributed by atoms with Crippen LogP contribution in [0.5, 0.6) is 0 Å². The third-order valence-corrected chi connectivity index (χ3v) is 6.06. The van der Waals surface area contributed by atoms with Crippen molar-refractivity contribution in [3.8, 4) is 0 Å². The summed E-state index contributed by atoms with van der Waals surface area (Å²) in [4.78, 5) is 14.8. The van der Waals surface area contributed by atoms with Crippen molar-refractivity contribution >= 4 is 34.1 Å². The third kappa shape index (κ3) is 4.78. The molecule has 0 atom stereocenters. The summed E-state index contributed by atoms with van der Waals surface area (Å²) >= 11 is 3.09. The molecule has 3 rings (SSSR count). The van der Waals surface area contributed by atoms with E-state index in [0.29, 0.717) is 10.7 Å². The fourth-order valence-corrected chi connectivity index (χ4v) is 4.31. The summed E-state index contributed by atoms with van der Waals surface area (Å²) in [6.07, 6.45) is 3.68. The number of likely N-dealkylation sites (tertiary alicyclic amines) is 1. The highest BCUT2D eigenvalue weighted by Crippen LogP contribution is 2.26. The zero-order chi connectivity index (χ0) is 16.8. The smallest absolute Gasteiger partial charge is 0.257 e. The first kappa shape index (κ1) is 17.4. The van der Waals surface area contributed by atoms with Gasteiger partial charge in [0, 0.05) is 17.9 Å². The van der Waals surface area contributed by atoms with Gasteiger partial charge in [-0.15, -0.1) is 10.2 Å². The van der Waals surface area contributed by atoms with E-state index in [1.807, 2.05) is 24.3 Å². The van der Waals surface area contributed by atoms with Crippen molar-refractivity contribution < 1.29 is 4.79 Å². The van der Waals surface area contributed by atoms with Gasteiger partial charge in [-0.2, -0.15) is 0 Å². The molecule has 0 aliphatic carbocycles. The van der Waals surface area contributed by atoms with Gasteiger partial charge in [0.2, 0.25) is 5.13 Å². The highest BCUT2D eigenvalue weighted by Gasteiger charge is 2.13. The van der Waals surface area contributed by atoms with Crippen LogP contribution in [0.25, 0.3) is 0 Å². The zero-order valence-electron chi connectivity index (χ0n) is 13.8. The fourth-order valence-electron chi connectivity index (χ4n) is 2.64. The number of benzene rings is 1. The molecule has 0 unspecified atom stereocenters. The van der Waals surface area contributed by atoms with E-state index in [1.54, 1.807) is 11.8 Å². The van der Waals surface area contributed by atoms with Crippen molar-refractivity contribution in [3.63, 3.8) is 0 Å². The number of nitrogens with one attached hydrogen (secondary N) is 1. The maximum atomic E-state index is 12.3. The lowest BCUT2D eigenvalue weighted by Gasteiger charge is -2.14. The van der Waals surface area contributed by atoms with Crippen LogP contribution in [0.15, 0.2) is 28.6 Å². The Balaban J connectivity index is 1.55. The van der Waals surface area contributed by atoms with E-state index in [9.17, 15) is 4.79 Å². The summed E-state index contributed by atoms with van der Waals surface area (Å²) in [5.74, 6) is 0.882. The molecule has 5 nitrogen and oxygen atoms in total. The molecule has 1 aliphatic heterocycles. The van der Waals surface area contributed by atoms with Gasteiger partial charge in [0.1, 0.15) is 0 Å². The minimum atomic E-state index is -0.133. The summed E-state index contributed by atoms with van der Waals surface area (Å²) in [5, 5.41) is 11.5. The molecule has 0 saturated carbocycles. The molecule has 1 amide bonds. The van der Waals surface area contributed by atoms with Gasteiger partial charge in [0.25, 0.3) is 5.91 Å². The number of amides is 1. The second-order valence-electron chi connectivity index (χ2n) is 5.86. The molecule has 1 saturated heterocycles. The quantitative estimate of drug-likeness (QED) is 0.598. The molecule has 0 radical (unpaired) electrons. The highest BCUT2D eigenvalue weighted by molar-refractivity contribution is 8.01. The molecule has 128 valence electrons. The predicted octanol–water partition coefficient (Wildman–Crippen LogP) is 3.89. The highest BCUT2D eigenvalue weighted by atomic mass is 32.2. The average Bonchev–Trinajstić information content (AvgIpc) is 3.25. The van der Waals surface area contributed by atoms with Gasteiger partial charge in [-0.3, -0.25) is 15.0 Å². The minimum absolute atomic E-state index is 0.133. The Morgan fingerprint density at radius 2 is 2.00 bits per heavy atom. The Labute approximate surface area is 150 Å². The molecule has 1 aromatic carbocycles. The Kier molecular flexibility index (Phi) is 6.23. The van der Waals surface area contributed by atoms with Crippen LogP contribution in [-0.4, -0.2) is 39.8 Å². The molecule has 1 aromatic heterocycles. The van der Waals surface area contributed by atoms with Crippen LogP contribution < -0.4 is 5.32 Å². The van der Waals surface area contributed by atoms with Crippen molar-refractivity contribution in [3.05, 3.63) is 35.4 Å². The monoisotopic (exact) mass is 362 g/mol. The molecule has 0 bridgehead atoms. The van der Waals surface area contributed by atoms with E-state index in [-0.39, 0.29) is 5.91 Å². The van der Waals surface area contributed by atoms with Crippen molar-refractivity contribution in [1.29, 1.82) is 0 Å². The van der Waals surface area contributed by atoms with Crippen LogP contribution in [0.2, 0.25) is 0 Å². The fraction of sp³-hybridized carbons (Fsp3) is 0.471. The molecule has 1 N–H and O–H groups in total. The molecular weight excluding hydrogens is 340 g/mol. The number of thioether (sulfide) groups is 1. The van der Waals surface area contributed by atoms with Gasteiger partial charge >= 0.3 is 0 Å². The largest absolute Gasteiger partial charge is 0.299 e. The van der Waals surface area contributed by atoms with Crippen molar-refractivity contribution in [2.75, 3.05) is 24.2 Å². The second kappa shape index (κ2) is 8.60. The Morgan fingerprint density at radius 1 is 1.25 bits per heavy atom. The first-order valence-electron chi connectivity index (χ1n) is 8.33. The SMILES string of the molecule is CCCSc1nnc(NC(=O)c2ccc(CN3CCCC3)cc2)s1. The first-order chi connectivity index (χ1) is 11.7. The lowest BCUT2D eigenvalue weighted by molar-refractivity contribution is 0.102. The van der Waals surface area contributed by atoms with Gasteiger partial charge in [0.15, 0.2) is 4.34 Å². The standard InChI is InChI=1S/C17H22N4OS2/c1-2-11-23-17-20-19-16(24-17)18-15(22)14-7-5-13(6-8-14)12-21-9-3-4-10-21/h5-8H,2-4,9-12H2,1H3,(H,18,19,22). The van der Waals surface area contributed by atoms with E-state index in [0.717, 1.165) is 23.1 Å². The normalized spacial score (nSPS) is 14.9. The van der Waals surface area contributed by atoms with Crippen molar-refractivity contribution in [1.82, 2.24) is 15.1 Å². The Morgan fingerprint density at radius 3 is 2.71 bits per heavy atom. The average molecular weight is 363 g/mol. The number of nitrogens with zero attached hydrogens (tertiary/aromatic N) is 3. The Bertz CT molecular complexity index is 665. The summed E-state index contributed by atoms with van der Waals surface area (Å²) in [6, 6.07) is 7.84. The van der Waals surface area contributed by atoms with E-state index in [4.69, 9.17) is 0 Å². The molecular formula is C17H22N4OS2. The topological polar surface area (TPSA) is 58.1 Å². The minimum Gasteiger partial charge on any atom is -0.299 e. The third-order valence-electron chi connectivity index (χ3n) is 3.88. The van der Waals surface area contributed by atoms with Gasteiger partial charge in [-0.1, -0.05) is 42.2 Å². The van der Waals surface area contributed by atoms with Crippen LogP contribution in [0, 0.1) is 0 Å². The lowest BCUT2D eigenvalue weighted by atomic mass is 10.1. The van der Waals surface area contributed by atoms with Crippen LogP contribution in [0.1, 0.15) is 42.1 Å². The van der Waals surface area contributed by atoms with Gasteiger partial charge in [0.05, 0.1) is 0 Å². The summed E-state index contributed by atoms with van der Waals surface area (Å²) in [7, 11) is 0. The van der Waals surface area contributed by atoms with Crippen LogP contribution >= 0.6 is 23.1 Å². The number of carbonyl (C=O) groups is 1. The molecule has 2 heterocycles.